The maximum Gasteiger partial charge on any atom is 0.286 e. The van der Waals surface area contributed by atoms with Crippen LogP contribution >= 0.6 is 0 Å². The van der Waals surface area contributed by atoms with E-state index in [-0.39, 0.29) is 28.7 Å². The number of amides is 1. The lowest BCUT2D eigenvalue weighted by Gasteiger charge is -2.31. The molecular formula is C19H23N5O5. The van der Waals surface area contributed by atoms with E-state index in [9.17, 15) is 14.9 Å². The number of nitro groups is 1. The fraction of sp³-hybridized carbons (Fsp3) is 0.421. The summed E-state index contributed by atoms with van der Waals surface area (Å²) in [5.74, 6) is 0.936. The van der Waals surface area contributed by atoms with Gasteiger partial charge in [0.15, 0.2) is 11.5 Å². The van der Waals surface area contributed by atoms with Crippen LogP contribution in [0, 0.1) is 16.0 Å². The lowest BCUT2D eigenvalue weighted by atomic mass is 9.97. The summed E-state index contributed by atoms with van der Waals surface area (Å²) in [6.45, 7) is 2.02. The number of anilines is 1. The Hall–Kier alpha value is -3.43. The smallest absolute Gasteiger partial charge is 0.286 e. The first kappa shape index (κ1) is 20.3. The molecule has 1 aromatic heterocycles. The summed E-state index contributed by atoms with van der Waals surface area (Å²) in [6, 6.07) is 4.31. The van der Waals surface area contributed by atoms with E-state index in [2.05, 4.69) is 20.2 Å². The molecular weight excluding hydrogens is 378 g/mol. The van der Waals surface area contributed by atoms with E-state index in [0.717, 1.165) is 25.9 Å². The first-order valence-corrected chi connectivity index (χ1v) is 9.24. The molecule has 2 aromatic rings. The molecule has 0 bridgehead atoms. The number of piperidine rings is 1. The van der Waals surface area contributed by atoms with Gasteiger partial charge in [0.2, 0.25) is 5.95 Å². The van der Waals surface area contributed by atoms with Crippen molar-refractivity contribution < 1.29 is 19.2 Å². The van der Waals surface area contributed by atoms with Crippen LogP contribution in [0.1, 0.15) is 23.2 Å². The Morgan fingerprint density at radius 3 is 2.41 bits per heavy atom. The third-order valence-corrected chi connectivity index (χ3v) is 4.94. The molecule has 1 N–H and O–H groups in total. The topological polar surface area (TPSA) is 120 Å². The Labute approximate surface area is 168 Å². The molecule has 0 saturated carbocycles. The number of nitrogens with zero attached hydrogens (tertiary/aromatic N) is 4. The Balaban J connectivity index is 1.62. The molecule has 154 valence electrons. The number of carbonyl (C=O) groups excluding carboxylic acids is 1. The molecule has 0 radical (unpaired) electrons. The van der Waals surface area contributed by atoms with Crippen molar-refractivity contribution in [2.24, 2.45) is 5.92 Å². The Bertz CT molecular complexity index is 869. The predicted octanol–water partition coefficient (Wildman–Crippen LogP) is 2.05. The molecule has 0 atom stereocenters. The van der Waals surface area contributed by atoms with Crippen LogP contribution in [0.25, 0.3) is 0 Å². The number of carbonyl (C=O) groups is 1. The van der Waals surface area contributed by atoms with Crippen LogP contribution in [0.4, 0.5) is 11.6 Å². The van der Waals surface area contributed by atoms with Crippen molar-refractivity contribution in [3.63, 3.8) is 0 Å². The largest absolute Gasteiger partial charge is 0.493 e. The van der Waals surface area contributed by atoms with E-state index in [1.807, 2.05) is 0 Å². The normalized spacial score (nSPS) is 14.3. The lowest BCUT2D eigenvalue weighted by Crippen LogP contribution is -2.39. The van der Waals surface area contributed by atoms with Gasteiger partial charge in [-0.25, -0.2) is 9.97 Å². The van der Waals surface area contributed by atoms with Gasteiger partial charge in [-0.05, 0) is 24.8 Å². The monoisotopic (exact) mass is 401 g/mol. The van der Waals surface area contributed by atoms with Gasteiger partial charge in [0.25, 0.3) is 11.6 Å². The van der Waals surface area contributed by atoms with E-state index in [1.54, 1.807) is 18.5 Å². The molecule has 1 amide bonds. The number of hydrogen-bond acceptors (Lipinski definition) is 8. The number of rotatable bonds is 7. The first-order chi connectivity index (χ1) is 14.0. The Morgan fingerprint density at radius 2 is 1.83 bits per heavy atom. The summed E-state index contributed by atoms with van der Waals surface area (Å²) in [5.41, 5.74) is -0.376. The molecule has 0 aliphatic carbocycles. The summed E-state index contributed by atoms with van der Waals surface area (Å²) in [5, 5.41) is 14.2. The average molecular weight is 401 g/mol. The molecule has 0 spiro atoms. The fourth-order valence-electron chi connectivity index (χ4n) is 3.33. The third kappa shape index (κ3) is 4.71. The van der Waals surface area contributed by atoms with Crippen LogP contribution in [0.5, 0.6) is 11.5 Å². The Kier molecular flexibility index (Phi) is 6.43. The van der Waals surface area contributed by atoms with Crippen molar-refractivity contribution in [1.82, 2.24) is 15.3 Å². The summed E-state index contributed by atoms with van der Waals surface area (Å²) in [4.78, 5) is 34.0. The molecule has 1 aliphatic rings. The van der Waals surface area contributed by atoms with E-state index in [4.69, 9.17) is 9.47 Å². The van der Waals surface area contributed by atoms with Crippen LogP contribution in [-0.4, -0.2) is 54.7 Å². The SMILES string of the molecule is COc1cc(C(=O)NCC2CCN(c3ncccn3)CC2)c([N+](=O)[O-])cc1OC. The summed E-state index contributed by atoms with van der Waals surface area (Å²) in [6.07, 6.45) is 5.16. The standard InChI is InChI=1S/C19H23N5O5/c1-28-16-10-14(15(24(26)27)11-17(16)29-2)18(25)22-12-13-4-8-23(9-5-13)19-20-6-3-7-21-19/h3,6-7,10-11,13H,4-5,8-9,12H2,1-2H3,(H,22,25). The van der Waals surface area contributed by atoms with Crippen molar-refractivity contribution >= 4 is 17.5 Å². The molecule has 29 heavy (non-hydrogen) atoms. The minimum Gasteiger partial charge on any atom is -0.493 e. The zero-order chi connectivity index (χ0) is 20.8. The highest BCUT2D eigenvalue weighted by atomic mass is 16.6. The first-order valence-electron chi connectivity index (χ1n) is 9.24. The highest BCUT2D eigenvalue weighted by molar-refractivity contribution is 5.99. The van der Waals surface area contributed by atoms with Crippen LogP contribution in [0.3, 0.4) is 0 Å². The summed E-state index contributed by atoms with van der Waals surface area (Å²) in [7, 11) is 2.80. The van der Waals surface area contributed by atoms with E-state index < -0.39 is 10.8 Å². The Morgan fingerprint density at radius 1 is 1.21 bits per heavy atom. The highest BCUT2D eigenvalue weighted by Gasteiger charge is 2.26. The van der Waals surface area contributed by atoms with Crippen molar-refractivity contribution in [3.8, 4) is 11.5 Å². The summed E-state index contributed by atoms with van der Waals surface area (Å²) >= 11 is 0. The van der Waals surface area contributed by atoms with Crippen LogP contribution in [-0.2, 0) is 0 Å². The van der Waals surface area contributed by atoms with Gasteiger partial charge < -0.3 is 19.7 Å². The van der Waals surface area contributed by atoms with Crippen LogP contribution in [0.15, 0.2) is 30.6 Å². The zero-order valence-electron chi connectivity index (χ0n) is 16.3. The van der Waals surface area contributed by atoms with E-state index >= 15 is 0 Å². The quantitative estimate of drug-likeness (QED) is 0.553. The second-order valence-electron chi connectivity index (χ2n) is 6.67. The van der Waals surface area contributed by atoms with Crippen molar-refractivity contribution in [2.75, 3.05) is 38.8 Å². The maximum atomic E-state index is 12.6. The number of nitrogens with one attached hydrogen (secondary N) is 1. The van der Waals surface area contributed by atoms with Gasteiger partial charge in [0.1, 0.15) is 5.56 Å². The molecule has 1 fully saturated rings. The molecule has 10 nitrogen and oxygen atoms in total. The molecule has 2 heterocycles. The number of benzene rings is 1. The summed E-state index contributed by atoms with van der Waals surface area (Å²) < 4.78 is 10.3. The van der Waals surface area contributed by atoms with E-state index in [0.29, 0.717) is 12.5 Å². The molecule has 1 aromatic carbocycles. The number of aromatic nitrogens is 2. The van der Waals surface area contributed by atoms with Gasteiger partial charge in [0.05, 0.1) is 25.2 Å². The minimum absolute atomic E-state index is 0.0530. The number of hydrogen-bond donors (Lipinski definition) is 1. The molecule has 3 rings (SSSR count). The average Bonchev–Trinajstić information content (AvgIpc) is 2.77. The van der Waals surface area contributed by atoms with Gasteiger partial charge in [-0.3, -0.25) is 14.9 Å². The van der Waals surface area contributed by atoms with Gasteiger partial charge in [0, 0.05) is 38.1 Å². The highest BCUT2D eigenvalue weighted by Crippen LogP contribution is 2.34. The van der Waals surface area contributed by atoms with Crippen molar-refractivity contribution in [2.45, 2.75) is 12.8 Å². The minimum atomic E-state index is -0.602. The predicted molar refractivity (Wildman–Crippen MR) is 106 cm³/mol. The van der Waals surface area contributed by atoms with Gasteiger partial charge in [-0.1, -0.05) is 0 Å². The molecule has 0 unspecified atom stereocenters. The van der Waals surface area contributed by atoms with Crippen LogP contribution < -0.4 is 19.7 Å². The van der Waals surface area contributed by atoms with Crippen molar-refractivity contribution in [1.29, 1.82) is 0 Å². The lowest BCUT2D eigenvalue weighted by molar-refractivity contribution is -0.385. The molecule has 1 aliphatic heterocycles. The van der Waals surface area contributed by atoms with Gasteiger partial charge in [-0.15, -0.1) is 0 Å². The fourth-order valence-corrected chi connectivity index (χ4v) is 3.33. The zero-order valence-corrected chi connectivity index (χ0v) is 16.3. The van der Waals surface area contributed by atoms with Gasteiger partial charge >= 0.3 is 0 Å². The second-order valence-corrected chi connectivity index (χ2v) is 6.67. The van der Waals surface area contributed by atoms with Gasteiger partial charge in [-0.2, -0.15) is 0 Å². The second kappa shape index (κ2) is 9.18. The van der Waals surface area contributed by atoms with Crippen LogP contribution in [0.2, 0.25) is 0 Å². The number of nitro benzene ring substituents is 1. The maximum absolute atomic E-state index is 12.6. The molecule has 10 heteroatoms. The number of methoxy groups -OCH3 is 2. The van der Waals surface area contributed by atoms with E-state index in [1.165, 1.54) is 26.4 Å². The van der Waals surface area contributed by atoms with Crippen molar-refractivity contribution in [3.05, 3.63) is 46.3 Å². The molecule has 1 saturated heterocycles. The number of ether oxygens (including phenoxy) is 2. The third-order valence-electron chi connectivity index (χ3n) is 4.94.